The largest absolute Gasteiger partial charge is 0.472 e. The molecule has 10 atom stereocenters. The molecule has 22 nitrogen and oxygen atoms in total. The molecule has 0 saturated carbocycles. The number of phosphoric ester groups is 1. The van der Waals surface area contributed by atoms with E-state index in [1.54, 1.807) is 0 Å². The second-order valence-corrected chi connectivity index (χ2v) is 14.2. The van der Waals surface area contributed by atoms with E-state index in [0.717, 1.165) is 6.66 Å². The summed E-state index contributed by atoms with van der Waals surface area (Å²) in [6.45, 7) is -0.717. The van der Waals surface area contributed by atoms with Crippen LogP contribution in [0.5, 0.6) is 0 Å². The molecule has 7 rings (SSSR count). The number of anilines is 2. The van der Waals surface area contributed by atoms with E-state index in [2.05, 4.69) is 29.9 Å². The zero-order valence-corrected chi connectivity index (χ0v) is 25.5. The van der Waals surface area contributed by atoms with Crippen LogP contribution < -0.4 is 17.0 Å². The van der Waals surface area contributed by atoms with Gasteiger partial charge in [-0.15, -0.1) is 0 Å². The molecule has 7 heterocycles. The molecule has 46 heavy (non-hydrogen) atoms. The van der Waals surface area contributed by atoms with Gasteiger partial charge in [0.05, 0.1) is 38.4 Å². The van der Waals surface area contributed by atoms with Crippen LogP contribution >= 0.6 is 15.4 Å². The molecule has 4 aromatic heterocycles. The second-order valence-electron chi connectivity index (χ2n) is 10.8. The molecule has 248 valence electrons. The Kier molecular flexibility index (Phi) is 7.73. The van der Waals surface area contributed by atoms with Gasteiger partial charge in [-0.1, -0.05) is 0 Å². The van der Waals surface area contributed by atoms with Crippen molar-refractivity contribution >= 4 is 49.5 Å². The summed E-state index contributed by atoms with van der Waals surface area (Å²) in [5, 5.41) is 21.5. The van der Waals surface area contributed by atoms with Gasteiger partial charge in [-0.25, -0.2) is 24.5 Å². The molecular weight excluding hydrogens is 658 g/mol. The Morgan fingerprint density at radius 3 is 2.41 bits per heavy atom. The zero-order valence-electron chi connectivity index (χ0n) is 23.7. The molecule has 3 fully saturated rings. The molecule has 4 aromatic rings. The smallest absolute Gasteiger partial charge is 0.396 e. The van der Waals surface area contributed by atoms with E-state index in [0.29, 0.717) is 0 Å². The Labute approximate surface area is 256 Å². The van der Waals surface area contributed by atoms with Crippen molar-refractivity contribution in [2.45, 2.75) is 43.0 Å². The molecule has 0 aromatic carbocycles. The third kappa shape index (κ3) is 5.40. The monoisotopic (exact) mass is 686 g/mol. The van der Waals surface area contributed by atoms with Crippen LogP contribution in [0.1, 0.15) is 12.5 Å². The van der Waals surface area contributed by atoms with Gasteiger partial charge in [0.25, 0.3) is 5.56 Å². The number of aliphatic hydroxyl groups is 2. The molecular formula is C22H28N10O12P2. The molecule has 0 spiro atoms. The summed E-state index contributed by atoms with van der Waals surface area (Å²) in [6.07, 6.45) is -5.65. The first-order valence-electron chi connectivity index (χ1n) is 13.7. The van der Waals surface area contributed by atoms with Crippen LogP contribution in [-0.2, 0) is 36.7 Å². The van der Waals surface area contributed by atoms with E-state index in [4.69, 9.17) is 39.0 Å². The number of aliphatic hydroxyl groups excluding tert-OH is 2. The van der Waals surface area contributed by atoms with Crippen molar-refractivity contribution in [2.75, 3.05) is 38.0 Å². The third-order valence-electron chi connectivity index (χ3n) is 7.82. The quantitative estimate of drug-likeness (QED) is 0.135. The number of nitrogens with zero attached hydrogens (tertiary/aromatic N) is 7. The number of aromatic amines is 1. The lowest BCUT2D eigenvalue weighted by atomic mass is 10.0. The van der Waals surface area contributed by atoms with Crippen molar-refractivity contribution < 1.29 is 51.8 Å². The predicted octanol–water partition coefficient (Wildman–Crippen LogP) is -1.37. The average molecular weight is 686 g/mol. The molecule has 3 aliphatic heterocycles. The highest BCUT2D eigenvalue weighted by Gasteiger charge is 2.53. The lowest BCUT2D eigenvalue weighted by Gasteiger charge is -2.27. The molecule has 2 bridgehead atoms. The van der Waals surface area contributed by atoms with Gasteiger partial charge >= 0.3 is 15.4 Å². The number of phosphoric acid groups is 1. The van der Waals surface area contributed by atoms with Crippen LogP contribution in [-0.4, -0.2) is 111 Å². The number of imidazole rings is 2. The maximum absolute atomic E-state index is 13.7. The number of aromatic nitrogens is 8. The zero-order chi connectivity index (χ0) is 32.5. The highest BCUT2D eigenvalue weighted by Crippen LogP contribution is 2.54. The van der Waals surface area contributed by atoms with Gasteiger partial charge in [0, 0.05) is 6.66 Å². The van der Waals surface area contributed by atoms with Crippen molar-refractivity contribution in [3.63, 3.8) is 0 Å². The normalized spacial score (nSPS) is 37.1. The van der Waals surface area contributed by atoms with E-state index in [9.17, 15) is 29.0 Å². The predicted molar refractivity (Wildman–Crippen MR) is 152 cm³/mol. The lowest BCUT2D eigenvalue weighted by molar-refractivity contribution is -0.0627. The molecule has 24 heteroatoms. The van der Waals surface area contributed by atoms with Crippen molar-refractivity contribution in [3.8, 4) is 0 Å². The Balaban J connectivity index is 1.22. The summed E-state index contributed by atoms with van der Waals surface area (Å²) in [6, 6.07) is 0. The first-order chi connectivity index (χ1) is 21.9. The minimum atomic E-state index is -4.97. The van der Waals surface area contributed by atoms with Crippen LogP contribution in [0.15, 0.2) is 23.8 Å². The summed E-state index contributed by atoms with van der Waals surface area (Å²) >= 11 is 0. The fourth-order valence-electron chi connectivity index (χ4n) is 5.73. The van der Waals surface area contributed by atoms with Crippen LogP contribution in [0, 0.1) is 5.92 Å². The first-order valence-corrected chi connectivity index (χ1v) is 17.2. The summed E-state index contributed by atoms with van der Waals surface area (Å²) in [5.74, 6) is -1.16. The van der Waals surface area contributed by atoms with Crippen molar-refractivity contribution in [2.24, 2.45) is 5.92 Å². The van der Waals surface area contributed by atoms with E-state index in [-0.39, 0.29) is 34.1 Å². The van der Waals surface area contributed by atoms with Gasteiger partial charge in [-0.2, -0.15) is 4.98 Å². The third-order valence-corrected chi connectivity index (χ3v) is 10.1. The van der Waals surface area contributed by atoms with Gasteiger partial charge in [0.15, 0.2) is 28.9 Å². The van der Waals surface area contributed by atoms with Crippen LogP contribution in [0.2, 0.25) is 0 Å². The number of nitrogens with one attached hydrogen (secondary N) is 1. The van der Waals surface area contributed by atoms with Crippen molar-refractivity contribution in [1.29, 1.82) is 0 Å². The van der Waals surface area contributed by atoms with E-state index >= 15 is 0 Å². The lowest BCUT2D eigenvalue weighted by Crippen LogP contribution is -2.35. The second kappa shape index (κ2) is 11.4. The number of H-pyrrole nitrogens is 1. The van der Waals surface area contributed by atoms with Gasteiger partial charge in [-0.05, 0) is 0 Å². The average Bonchev–Trinajstić information content (AvgIpc) is 3.75. The topological polar surface area (TPSA) is 309 Å². The van der Waals surface area contributed by atoms with Gasteiger partial charge in [0.2, 0.25) is 5.95 Å². The molecule has 8 N–H and O–H groups in total. The molecule has 3 aliphatic rings. The Bertz CT molecular complexity index is 1950. The van der Waals surface area contributed by atoms with Gasteiger partial charge in [0.1, 0.15) is 48.6 Å². The molecule has 0 amide bonds. The van der Waals surface area contributed by atoms with E-state index < -0.39 is 89.7 Å². The molecule has 0 aliphatic carbocycles. The van der Waals surface area contributed by atoms with Gasteiger partial charge in [-0.3, -0.25) is 37.0 Å². The summed E-state index contributed by atoms with van der Waals surface area (Å²) in [4.78, 5) is 45.8. The van der Waals surface area contributed by atoms with Crippen LogP contribution in [0.25, 0.3) is 22.3 Å². The number of rotatable bonds is 3. The Hall–Kier alpha value is -3.40. The number of nitrogen functional groups attached to an aromatic ring is 2. The highest BCUT2D eigenvalue weighted by molar-refractivity contribution is 7.53. The fraction of sp³-hybridized carbons (Fsp3) is 0.545. The Morgan fingerprint density at radius 1 is 0.957 bits per heavy atom. The maximum Gasteiger partial charge on any atom is 0.472 e. The number of ether oxygens (including phenoxy) is 2. The minimum Gasteiger partial charge on any atom is -0.396 e. The summed E-state index contributed by atoms with van der Waals surface area (Å²) in [7, 11) is -9.07. The number of hydrogen-bond acceptors (Lipinski definition) is 18. The maximum atomic E-state index is 13.7. The van der Waals surface area contributed by atoms with E-state index in [1.807, 2.05) is 0 Å². The van der Waals surface area contributed by atoms with Gasteiger partial charge < -0.3 is 40.6 Å². The molecule has 3 saturated heterocycles. The highest BCUT2D eigenvalue weighted by atomic mass is 31.2. The SMILES string of the molecule is CP1(=O)OC[C@H]2O[C@@H](n3cnc4c(N)ncnc43)C(CO)[C@H]2OP(=O)(O)OC[C@H]2O[C@@H](n3cnc4c(=O)[nH]c(N)nc43)[C@@H](O1)[C@H]2O. The Morgan fingerprint density at radius 2 is 1.65 bits per heavy atom. The van der Waals surface area contributed by atoms with E-state index in [1.165, 1.54) is 28.1 Å². The first kappa shape index (κ1) is 31.2. The van der Waals surface area contributed by atoms with Crippen molar-refractivity contribution in [3.05, 3.63) is 29.3 Å². The molecule has 3 unspecified atom stereocenters. The van der Waals surface area contributed by atoms with Crippen molar-refractivity contribution in [1.82, 2.24) is 39.0 Å². The number of nitrogens with two attached hydrogens (primary N) is 2. The van der Waals surface area contributed by atoms with Crippen LogP contribution in [0.3, 0.4) is 0 Å². The molecule has 0 radical (unpaired) electrons. The standard InChI is InChI=1S/C22H28N10O12P2/c1-45(36)39-4-10-14(8(2-33)20(42-10)31-6-27-11-16(23)25-5-26-17(11)31)44-46(37,38)40-3-9-13(34)15(43-45)21(41-9)32-7-28-12-18(32)29-22(24)30-19(12)35/h5-10,13-15,20-21,33-34H,2-4H2,1H3,(H,37,38)(H2,23,25,26)(H3,24,29,30,35)/t8?,9-,10-,13+,14-,15+,20-,21-,45?/m1/s1. The number of fused-ring (bicyclic) bond motifs is 5. The minimum absolute atomic E-state index is 0.0416. The fourth-order valence-corrected chi connectivity index (χ4v) is 7.88. The summed E-state index contributed by atoms with van der Waals surface area (Å²) in [5.41, 5.74) is 11.3. The van der Waals surface area contributed by atoms with Crippen LogP contribution in [0.4, 0.5) is 11.8 Å². The number of hydrogen-bond donors (Lipinski definition) is 6. The summed E-state index contributed by atoms with van der Waals surface area (Å²) < 4.78 is 63.9.